The molecule has 2 aromatic heterocycles. The van der Waals surface area contributed by atoms with Gasteiger partial charge in [0.05, 0.1) is 17.0 Å². The highest BCUT2D eigenvalue weighted by atomic mass is 19.4. The van der Waals surface area contributed by atoms with Crippen LogP contribution >= 0.6 is 0 Å². The molecule has 2 fully saturated rings. The summed E-state index contributed by atoms with van der Waals surface area (Å²) in [6.45, 7) is 1.88. The monoisotopic (exact) mass is 561 g/mol. The van der Waals surface area contributed by atoms with Crippen LogP contribution < -0.4 is 5.32 Å². The van der Waals surface area contributed by atoms with E-state index >= 15 is 0 Å². The summed E-state index contributed by atoms with van der Waals surface area (Å²) in [6, 6.07) is 18.4. The highest BCUT2D eigenvalue weighted by molar-refractivity contribution is 6.00. The summed E-state index contributed by atoms with van der Waals surface area (Å²) in [5.41, 5.74) is 2.77. The summed E-state index contributed by atoms with van der Waals surface area (Å²) in [5.74, 6) is -0.550. The number of aromatic nitrogens is 2. The number of amides is 1. The van der Waals surface area contributed by atoms with Crippen molar-refractivity contribution in [1.29, 1.82) is 0 Å². The van der Waals surface area contributed by atoms with Crippen molar-refractivity contribution in [3.63, 3.8) is 0 Å². The Morgan fingerprint density at radius 3 is 2.41 bits per heavy atom. The van der Waals surface area contributed by atoms with Crippen molar-refractivity contribution in [3.8, 4) is 0 Å². The van der Waals surface area contributed by atoms with Crippen LogP contribution in [-0.4, -0.2) is 27.3 Å². The highest BCUT2D eigenvalue weighted by Gasteiger charge is 2.55. The highest BCUT2D eigenvalue weighted by Crippen LogP contribution is 2.59. The van der Waals surface area contributed by atoms with Crippen LogP contribution in [0.4, 0.5) is 13.2 Å². The third kappa shape index (κ3) is 5.45. The summed E-state index contributed by atoms with van der Waals surface area (Å²) in [7, 11) is 0. The number of nitrogens with zero attached hydrogens (tertiary/aromatic N) is 2. The van der Waals surface area contributed by atoms with E-state index in [4.69, 9.17) is 4.74 Å². The number of esters is 1. The SMILES string of the molecule is CC(OC(=O)C1CC2(CC(NC(=O)c3ncn4cccc(Cc5ccc(C(F)(F)F)cc5)c34)C2)C1)c1ccccc1. The number of rotatable bonds is 7. The average molecular weight is 562 g/mol. The minimum absolute atomic E-state index is 0.00142. The smallest absolute Gasteiger partial charge is 0.416 e. The summed E-state index contributed by atoms with van der Waals surface area (Å²) in [6.07, 6.45) is 2.20. The molecule has 4 aromatic rings. The lowest BCUT2D eigenvalue weighted by Gasteiger charge is -2.57. The van der Waals surface area contributed by atoms with Gasteiger partial charge in [-0.25, -0.2) is 4.98 Å². The van der Waals surface area contributed by atoms with Gasteiger partial charge in [0.25, 0.3) is 5.91 Å². The summed E-state index contributed by atoms with van der Waals surface area (Å²) in [5, 5.41) is 3.09. The molecule has 2 saturated carbocycles. The Balaban J connectivity index is 1.05. The van der Waals surface area contributed by atoms with Crippen LogP contribution in [0.5, 0.6) is 0 Å². The average Bonchev–Trinajstić information content (AvgIpc) is 3.35. The Kier molecular flexibility index (Phi) is 6.83. The number of hydrogen-bond donors (Lipinski definition) is 1. The van der Waals surface area contributed by atoms with Crippen molar-refractivity contribution in [1.82, 2.24) is 14.7 Å². The van der Waals surface area contributed by atoms with Crippen LogP contribution in [0.3, 0.4) is 0 Å². The first-order valence-electron chi connectivity index (χ1n) is 13.8. The molecule has 0 bridgehead atoms. The number of imidazole rings is 1. The van der Waals surface area contributed by atoms with Crippen LogP contribution in [0.25, 0.3) is 5.52 Å². The molecule has 1 N–H and O–H groups in total. The van der Waals surface area contributed by atoms with E-state index in [1.54, 1.807) is 16.9 Å². The van der Waals surface area contributed by atoms with Crippen molar-refractivity contribution in [2.75, 3.05) is 0 Å². The second-order valence-electron chi connectivity index (χ2n) is 11.4. The molecule has 2 heterocycles. The number of ether oxygens (including phenoxy) is 1. The normalized spacial score (nSPS) is 22.5. The first-order chi connectivity index (χ1) is 19.6. The maximum absolute atomic E-state index is 13.2. The van der Waals surface area contributed by atoms with Gasteiger partial charge in [0.1, 0.15) is 12.4 Å². The summed E-state index contributed by atoms with van der Waals surface area (Å²) >= 11 is 0. The second-order valence-corrected chi connectivity index (χ2v) is 11.4. The Hall–Kier alpha value is -4.14. The fraction of sp³-hybridized carbons (Fsp3) is 0.344. The zero-order chi connectivity index (χ0) is 28.8. The van der Waals surface area contributed by atoms with Gasteiger partial charge in [0.15, 0.2) is 5.69 Å². The van der Waals surface area contributed by atoms with Crippen molar-refractivity contribution < 1.29 is 27.5 Å². The number of carbonyl (C=O) groups is 2. The van der Waals surface area contributed by atoms with Crippen molar-refractivity contribution in [2.45, 2.75) is 57.3 Å². The van der Waals surface area contributed by atoms with Gasteiger partial charge < -0.3 is 14.5 Å². The number of fused-ring (bicyclic) bond motifs is 1. The van der Waals surface area contributed by atoms with E-state index in [1.165, 1.54) is 12.1 Å². The fourth-order valence-corrected chi connectivity index (χ4v) is 6.35. The van der Waals surface area contributed by atoms with Gasteiger partial charge in [-0.2, -0.15) is 13.2 Å². The van der Waals surface area contributed by atoms with E-state index in [-0.39, 0.29) is 35.4 Å². The van der Waals surface area contributed by atoms with E-state index in [0.29, 0.717) is 23.2 Å². The molecule has 0 aliphatic heterocycles. The second kappa shape index (κ2) is 10.4. The Labute approximate surface area is 235 Å². The largest absolute Gasteiger partial charge is 0.458 e. The zero-order valence-electron chi connectivity index (χ0n) is 22.5. The molecular formula is C32H30F3N3O3. The molecule has 1 atom stereocenters. The maximum atomic E-state index is 13.2. The number of benzene rings is 2. The van der Waals surface area contributed by atoms with Gasteiger partial charge >= 0.3 is 12.1 Å². The van der Waals surface area contributed by atoms with Crippen LogP contribution in [0.2, 0.25) is 0 Å². The maximum Gasteiger partial charge on any atom is 0.416 e. The molecule has 0 saturated heterocycles. The lowest BCUT2D eigenvalue weighted by atomic mass is 9.50. The molecule has 0 radical (unpaired) electrons. The van der Waals surface area contributed by atoms with Gasteiger partial charge in [-0.3, -0.25) is 9.59 Å². The van der Waals surface area contributed by atoms with E-state index in [9.17, 15) is 22.8 Å². The van der Waals surface area contributed by atoms with Crippen LogP contribution in [-0.2, 0) is 22.1 Å². The molecule has 2 aliphatic carbocycles. The van der Waals surface area contributed by atoms with E-state index in [2.05, 4.69) is 10.3 Å². The van der Waals surface area contributed by atoms with Crippen LogP contribution in [0.15, 0.2) is 79.3 Å². The lowest BCUT2D eigenvalue weighted by molar-refractivity contribution is -0.167. The Morgan fingerprint density at radius 1 is 1.02 bits per heavy atom. The standard InChI is InChI=1S/C32H30F3N3O3/c1-20(22-6-3-2-4-7-22)41-30(40)24-15-31(16-24)17-26(18-31)37-29(39)27-28-23(8-5-13-38(28)19-36-27)14-21-9-11-25(12-10-21)32(33,34)35/h2-13,19-20,24,26H,14-18H2,1H3,(H,37,39). The Bertz CT molecular complexity index is 1570. The van der Waals surface area contributed by atoms with Crippen molar-refractivity contribution >= 4 is 17.4 Å². The molecular weight excluding hydrogens is 531 g/mol. The fourth-order valence-electron chi connectivity index (χ4n) is 6.35. The van der Waals surface area contributed by atoms with E-state index in [1.807, 2.05) is 49.4 Å². The van der Waals surface area contributed by atoms with Gasteiger partial charge in [-0.15, -0.1) is 0 Å². The molecule has 1 amide bonds. The van der Waals surface area contributed by atoms with Crippen molar-refractivity contribution in [3.05, 3.63) is 107 Å². The molecule has 41 heavy (non-hydrogen) atoms. The minimum Gasteiger partial charge on any atom is -0.458 e. The van der Waals surface area contributed by atoms with Gasteiger partial charge in [0, 0.05) is 12.2 Å². The number of halogens is 3. The molecule has 2 aromatic carbocycles. The first kappa shape index (κ1) is 27.1. The molecule has 212 valence electrons. The summed E-state index contributed by atoms with van der Waals surface area (Å²) in [4.78, 5) is 30.2. The number of nitrogens with one attached hydrogen (secondary N) is 1. The third-order valence-electron chi connectivity index (χ3n) is 8.48. The van der Waals surface area contributed by atoms with Crippen molar-refractivity contribution in [2.24, 2.45) is 11.3 Å². The topological polar surface area (TPSA) is 72.7 Å². The number of pyridine rings is 1. The zero-order valence-corrected chi connectivity index (χ0v) is 22.5. The van der Waals surface area contributed by atoms with Crippen LogP contribution in [0, 0.1) is 11.3 Å². The predicted octanol–water partition coefficient (Wildman–Crippen LogP) is 6.54. The molecule has 9 heteroatoms. The molecule has 2 aliphatic rings. The van der Waals surface area contributed by atoms with E-state index < -0.39 is 11.7 Å². The first-order valence-corrected chi connectivity index (χ1v) is 13.8. The number of hydrogen-bond acceptors (Lipinski definition) is 4. The third-order valence-corrected chi connectivity index (χ3v) is 8.48. The van der Waals surface area contributed by atoms with Gasteiger partial charge in [-0.05, 0) is 79.3 Å². The van der Waals surface area contributed by atoms with Gasteiger partial charge in [0.2, 0.25) is 0 Å². The van der Waals surface area contributed by atoms with E-state index in [0.717, 1.165) is 48.9 Å². The minimum atomic E-state index is -4.39. The lowest BCUT2D eigenvalue weighted by Crippen LogP contribution is -2.57. The number of carbonyl (C=O) groups excluding carboxylic acids is 2. The summed E-state index contributed by atoms with van der Waals surface area (Å²) < 4.78 is 46.3. The quantitative estimate of drug-likeness (QED) is 0.260. The molecule has 1 unspecified atom stereocenters. The predicted molar refractivity (Wildman–Crippen MR) is 146 cm³/mol. The molecule has 1 spiro atoms. The molecule has 6 rings (SSSR count). The number of alkyl halides is 3. The van der Waals surface area contributed by atoms with Gasteiger partial charge in [-0.1, -0.05) is 48.5 Å². The van der Waals surface area contributed by atoms with Crippen LogP contribution in [0.1, 0.15) is 71.5 Å². The molecule has 6 nitrogen and oxygen atoms in total. The Morgan fingerprint density at radius 2 is 1.73 bits per heavy atom.